The molecule has 3 atom stereocenters. The van der Waals surface area contributed by atoms with Crippen LogP contribution in [0.2, 0.25) is 0 Å². The number of amides is 2. The van der Waals surface area contributed by atoms with Crippen molar-refractivity contribution in [2.24, 2.45) is 0 Å². The molecule has 2 amide bonds. The maximum Gasteiger partial charge on any atom is 0.407 e. The first-order valence-electron chi connectivity index (χ1n) is 7.55. The third-order valence-corrected chi connectivity index (χ3v) is 3.96. The van der Waals surface area contributed by atoms with E-state index in [0.29, 0.717) is 12.8 Å². The molecule has 1 aliphatic rings. The molecule has 1 unspecified atom stereocenters. The number of nitrogens with one attached hydrogen (secondary N) is 2. The van der Waals surface area contributed by atoms with E-state index in [9.17, 15) is 14.7 Å². The van der Waals surface area contributed by atoms with Gasteiger partial charge < -0.3 is 25.6 Å². The fourth-order valence-corrected chi connectivity index (χ4v) is 2.78. The molecular weight excluding hydrogens is 300 g/mol. The molecule has 1 aromatic rings. The van der Waals surface area contributed by atoms with Crippen LogP contribution in [0, 0.1) is 0 Å². The van der Waals surface area contributed by atoms with Gasteiger partial charge in [0.05, 0.1) is 17.7 Å². The van der Waals surface area contributed by atoms with Crippen LogP contribution in [0.25, 0.3) is 0 Å². The third-order valence-electron chi connectivity index (χ3n) is 3.96. The maximum absolute atomic E-state index is 11.9. The van der Waals surface area contributed by atoms with Gasteiger partial charge in [0.1, 0.15) is 6.61 Å². The van der Waals surface area contributed by atoms with E-state index in [0.717, 1.165) is 5.56 Å². The molecule has 1 saturated carbocycles. The minimum Gasteiger partial charge on any atom is -0.465 e. The van der Waals surface area contributed by atoms with Crippen LogP contribution < -0.4 is 10.6 Å². The summed E-state index contributed by atoms with van der Waals surface area (Å²) in [7, 11) is 0. The van der Waals surface area contributed by atoms with Crippen LogP contribution in [0.4, 0.5) is 9.59 Å². The molecule has 126 valence electrons. The number of carbonyl (C=O) groups excluding carboxylic acids is 1. The normalized spacial score (nSPS) is 27.0. The topological polar surface area (TPSA) is 108 Å². The largest absolute Gasteiger partial charge is 0.465 e. The third kappa shape index (κ3) is 5.45. The Bertz CT molecular complexity index is 547. The number of ether oxygens (including phenoxy) is 1. The van der Waals surface area contributed by atoms with Gasteiger partial charge in [-0.15, -0.1) is 0 Å². The highest BCUT2D eigenvalue weighted by Crippen LogP contribution is 2.28. The standard InChI is InChI=1S/C16H22N2O5/c1-16(22)8-7-12(13(9-16)17-14(19)20)18-15(21)23-10-11-5-3-2-4-6-11/h2-6,12-13,17,22H,7-10H2,1H3,(H,18,21)(H,19,20)/t12-,13+,16?/m0/s1. The van der Waals surface area contributed by atoms with Crippen molar-refractivity contribution in [2.75, 3.05) is 0 Å². The second kappa shape index (κ2) is 7.32. The van der Waals surface area contributed by atoms with Gasteiger partial charge in [0.2, 0.25) is 0 Å². The molecule has 0 bridgehead atoms. The summed E-state index contributed by atoms with van der Waals surface area (Å²) in [6.45, 7) is 1.81. The second-order valence-corrected chi connectivity index (χ2v) is 6.11. The second-order valence-electron chi connectivity index (χ2n) is 6.11. The summed E-state index contributed by atoms with van der Waals surface area (Å²) < 4.78 is 5.15. The average molecular weight is 322 g/mol. The Labute approximate surface area is 134 Å². The Balaban J connectivity index is 1.88. The van der Waals surface area contributed by atoms with Crippen LogP contribution in [-0.4, -0.2) is 40.1 Å². The predicted octanol–water partition coefficient (Wildman–Crippen LogP) is 1.85. The van der Waals surface area contributed by atoms with E-state index < -0.39 is 29.9 Å². The highest BCUT2D eigenvalue weighted by molar-refractivity contribution is 5.68. The quantitative estimate of drug-likeness (QED) is 0.676. The van der Waals surface area contributed by atoms with Crippen molar-refractivity contribution in [3.05, 3.63) is 35.9 Å². The molecule has 2 rings (SSSR count). The predicted molar refractivity (Wildman–Crippen MR) is 83.0 cm³/mol. The van der Waals surface area contributed by atoms with Gasteiger partial charge in [-0.2, -0.15) is 0 Å². The van der Waals surface area contributed by atoms with Gasteiger partial charge >= 0.3 is 12.2 Å². The Hall–Kier alpha value is -2.28. The van der Waals surface area contributed by atoms with Gasteiger partial charge in [0.25, 0.3) is 0 Å². The monoisotopic (exact) mass is 322 g/mol. The summed E-state index contributed by atoms with van der Waals surface area (Å²) in [6.07, 6.45) is -0.592. The van der Waals surface area contributed by atoms with Crippen LogP contribution in [0.5, 0.6) is 0 Å². The molecule has 4 N–H and O–H groups in total. The number of hydrogen-bond acceptors (Lipinski definition) is 4. The molecule has 1 aliphatic carbocycles. The number of carboxylic acid groups (broad SMARTS) is 1. The van der Waals surface area contributed by atoms with Gasteiger partial charge in [-0.25, -0.2) is 9.59 Å². The van der Waals surface area contributed by atoms with Gasteiger partial charge in [0, 0.05) is 0 Å². The van der Waals surface area contributed by atoms with Crippen LogP contribution in [-0.2, 0) is 11.3 Å². The van der Waals surface area contributed by atoms with Gasteiger partial charge in [-0.3, -0.25) is 0 Å². The van der Waals surface area contributed by atoms with E-state index >= 15 is 0 Å². The van der Waals surface area contributed by atoms with Crippen molar-refractivity contribution in [3.63, 3.8) is 0 Å². The molecule has 1 aromatic carbocycles. The number of alkyl carbamates (subject to hydrolysis) is 1. The molecule has 1 fully saturated rings. The molecule has 7 heteroatoms. The number of hydrogen-bond donors (Lipinski definition) is 4. The van der Waals surface area contributed by atoms with Crippen molar-refractivity contribution < 1.29 is 24.5 Å². The van der Waals surface area contributed by atoms with Crippen molar-refractivity contribution in [2.45, 2.75) is 50.5 Å². The van der Waals surface area contributed by atoms with E-state index in [1.165, 1.54) is 0 Å². The lowest BCUT2D eigenvalue weighted by atomic mass is 9.80. The van der Waals surface area contributed by atoms with Crippen molar-refractivity contribution in [3.8, 4) is 0 Å². The van der Waals surface area contributed by atoms with Crippen LogP contribution in [0.1, 0.15) is 31.7 Å². The minimum absolute atomic E-state index is 0.147. The zero-order valence-corrected chi connectivity index (χ0v) is 13.0. The Morgan fingerprint density at radius 3 is 2.61 bits per heavy atom. The van der Waals surface area contributed by atoms with Crippen molar-refractivity contribution in [1.29, 1.82) is 0 Å². The van der Waals surface area contributed by atoms with Crippen LogP contribution in [0.15, 0.2) is 30.3 Å². The maximum atomic E-state index is 11.9. The van der Waals surface area contributed by atoms with Crippen LogP contribution in [0.3, 0.4) is 0 Å². The SMILES string of the molecule is CC1(O)CC[C@H](NC(=O)OCc2ccccc2)[C@H](NC(=O)O)C1. The van der Waals surface area contributed by atoms with E-state index in [2.05, 4.69) is 10.6 Å². The van der Waals surface area contributed by atoms with E-state index in [4.69, 9.17) is 9.84 Å². The molecule has 0 aliphatic heterocycles. The molecule has 0 saturated heterocycles. The zero-order valence-electron chi connectivity index (χ0n) is 13.0. The Morgan fingerprint density at radius 1 is 1.26 bits per heavy atom. The first-order chi connectivity index (χ1) is 10.9. The fourth-order valence-electron chi connectivity index (χ4n) is 2.78. The lowest BCUT2D eigenvalue weighted by Crippen LogP contribution is -2.57. The first-order valence-corrected chi connectivity index (χ1v) is 7.55. The average Bonchev–Trinajstić information content (AvgIpc) is 2.48. The number of rotatable bonds is 4. The Morgan fingerprint density at radius 2 is 1.96 bits per heavy atom. The summed E-state index contributed by atoms with van der Waals surface area (Å²) in [5.41, 5.74) is -0.0753. The van der Waals surface area contributed by atoms with Gasteiger partial charge in [-0.1, -0.05) is 30.3 Å². The van der Waals surface area contributed by atoms with Gasteiger partial charge in [0.15, 0.2) is 0 Å². The lowest BCUT2D eigenvalue weighted by Gasteiger charge is -2.39. The summed E-state index contributed by atoms with van der Waals surface area (Å²) in [4.78, 5) is 22.8. The molecule has 0 radical (unpaired) electrons. The minimum atomic E-state index is -1.18. The molecule has 0 spiro atoms. The van der Waals surface area contributed by atoms with E-state index in [-0.39, 0.29) is 13.0 Å². The lowest BCUT2D eigenvalue weighted by molar-refractivity contribution is 0.000198. The highest BCUT2D eigenvalue weighted by Gasteiger charge is 2.38. The smallest absolute Gasteiger partial charge is 0.407 e. The Kier molecular flexibility index (Phi) is 5.44. The van der Waals surface area contributed by atoms with Crippen LogP contribution >= 0.6 is 0 Å². The van der Waals surface area contributed by atoms with Crippen molar-refractivity contribution in [1.82, 2.24) is 10.6 Å². The summed E-state index contributed by atoms with van der Waals surface area (Å²) in [5, 5.41) is 24.0. The highest BCUT2D eigenvalue weighted by atomic mass is 16.5. The molecule has 0 aromatic heterocycles. The number of carbonyl (C=O) groups is 2. The summed E-state index contributed by atoms with van der Waals surface area (Å²) in [6, 6.07) is 8.31. The number of benzene rings is 1. The summed E-state index contributed by atoms with van der Waals surface area (Å²) in [5.74, 6) is 0. The molecule has 7 nitrogen and oxygen atoms in total. The zero-order chi connectivity index (χ0) is 16.9. The molecular formula is C16H22N2O5. The first kappa shape index (κ1) is 17.1. The molecule has 0 heterocycles. The summed E-state index contributed by atoms with van der Waals surface area (Å²) >= 11 is 0. The fraction of sp³-hybridized carbons (Fsp3) is 0.500. The number of aliphatic hydroxyl groups is 1. The van der Waals surface area contributed by atoms with E-state index in [1.54, 1.807) is 6.92 Å². The van der Waals surface area contributed by atoms with E-state index in [1.807, 2.05) is 30.3 Å². The molecule has 23 heavy (non-hydrogen) atoms. The van der Waals surface area contributed by atoms with Crippen molar-refractivity contribution >= 4 is 12.2 Å². The van der Waals surface area contributed by atoms with Gasteiger partial charge in [-0.05, 0) is 31.7 Å².